The number of aromatic nitrogens is 6. The van der Waals surface area contributed by atoms with Crippen LogP contribution in [0.2, 0.25) is 0 Å². The zero-order valence-electron chi connectivity index (χ0n) is 74.0. The maximum absolute atomic E-state index is 9.76. The van der Waals surface area contributed by atoms with E-state index in [4.69, 9.17) is 13.1 Å². The third kappa shape index (κ3) is 13.0. The molecule has 26 rings (SSSR count). The van der Waals surface area contributed by atoms with Crippen LogP contribution in [0, 0.1) is 49.7 Å². The fraction of sp³-hybridized carbons (Fsp3) is 0.0159. The van der Waals surface area contributed by atoms with Gasteiger partial charge in [-0.05, 0) is 321 Å². The van der Waals surface area contributed by atoms with E-state index in [9.17, 15) is 10.5 Å². The van der Waals surface area contributed by atoms with Crippen molar-refractivity contribution in [1.29, 1.82) is 10.5 Å². The summed E-state index contributed by atoms with van der Waals surface area (Å²) in [5, 5.41) is 33.3. The van der Waals surface area contributed by atoms with Gasteiger partial charge in [-0.1, -0.05) is 218 Å². The second-order valence-corrected chi connectivity index (χ2v) is 35.2. The molecule has 6 aromatic heterocycles. The van der Waals surface area contributed by atoms with Crippen LogP contribution >= 0.6 is 0 Å². The Hall–Kier alpha value is -18.8. The molecule has 632 valence electrons. The minimum absolute atomic E-state index is 0.559. The largest absolute Gasteiger partial charge is 0.309 e. The average molecular weight is 1730 g/mol. The fourth-order valence-electron chi connectivity index (χ4n) is 21.3. The summed E-state index contributed by atoms with van der Waals surface area (Å²) in [5.74, 6) is 0. The molecule has 0 unspecified atom stereocenters. The van der Waals surface area contributed by atoms with E-state index in [-0.39, 0.29) is 0 Å². The molecule has 0 aliphatic carbocycles. The summed E-state index contributed by atoms with van der Waals surface area (Å²) in [6.45, 7) is 19.9. The van der Waals surface area contributed by atoms with Crippen LogP contribution in [-0.2, 0) is 0 Å². The van der Waals surface area contributed by atoms with Gasteiger partial charge in [0.2, 0.25) is 0 Å². The second kappa shape index (κ2) is 32.1. The van der Waals surface area contributed by atoms with Crippen LogP contribution < -0.4 is 0 Å². The van der Waals surface area contributed by atoms with Gasteiger partial charge in [0, 0.05) is 88.0 Å². The molecule has 10 nitrogen and oxygen atoms in total. The topological polar surface area (TPSA) is 85.9 Å². The Morgan fingerprint density at radius 2 is 0.390 bits per heavy atom. The number of para-hydroxylation sites is 8. The SMILES string of the molecule is Cc1cc(-n2c3ccccc3c3ccccc32)ccc1-c1cc(-c2ccc(-n3c4ccccc4c4ccccc43)cc2)cc(-c2ccc(-n3c4ccccc4c4ccccc43)cc2C)c1.[C-]#[N+]c1ccc2c(c1)c1cc([N+]#[C-])ccc1n2-c1ccc(-c2cc(-c3ccc(-n4c5ccccc5c5ccccc54)cc3)cc(-c3ccc(-n4c5ccc(C#N)cc5c5cc(C#N)ccc54)cc3)c2)cc1. The molecule has 26 aromatic rings. The van der Waals surface area contributed by atoms with Gasteiger partial charge in [-0.2, -0.15) is 10.5 Å². The molecule has 0 amide bonds. The molecule has 0 N–H and O–H groups in total. The van der Waals surface area contributed by atoms with Crippen molar-refractivity contribution < 1.29 is 0 Å². The number of nitrogens with zero attached hydrogens (tertiary/aromatic N) is 10. The Morgan fingerprint density at radius 1 is 0.184 bits per heavy atom. The average Bonchev–Trinajstić information content (AvgIpc) is 1.59. The molecule has 0 fully saturated rings. The smallest absolute Gasteiger partial charge is 0.188 e. The van der Waals surface area contributed by atoms with Gasteiger partial charge < -0.3 is 27.4 Å². The lowest BCUT2D eigenvalue weighted by molar-refractivity contribution is 1.17. The fourth-order valence-corrected chi connectivity index (χ4v) is 21.3. The molecule has 0 saturated carbocycles. The predicted molar refractivity (Wildman–Crippen MR) is 563 cm³/mol. The van der Waals surface area contributed by atoms with Gasteiger partial charge in [0.1, 0.15) is 0 Å². The molecule has 6 heterocycles. The van der Waals surface area contributed by atoms with Crippen molar-refractivity contribution >= 4 is 142 Å². The summed E-state index contributed by atoms with van der Waals surface area (Å²) >= 11 is 0. The number of nitriles is 2. The summed E-state index contributed by atoms with van der Waals surface area (Å²) in [6.07, 6.45) is 0. The summed E-state index contributed by atoms with van der Waals surface area (Å²) < 4.78 is 13.9. The van der Waals surface area contributed by atoms with Crippen LogP contribution in [0.15, 0.2) is 437 Å². The molecule has 0 aliphatic heterocycles. The highest BCUT2D eigenvalue weighted by Crippen LogP contribution is 2.46. The van der Waals surface area contributed by atoms with Crippen molar-refractivity contribution in [3.8, 4) is 113 Å². The van der Waals surface area contributed by atoms with Gasteiger partial charge in [0.25, 0.3) is 0 Å². The van der Waals surface area contributed by atoms with Gasteiger partial charge in [-0.15, -0.1) is 0 Å². The normalized spacial score (nSPS) is 11.6. The standard InChI is InChI=1S/C64H35N7.C62H43N3/c1-67-48-19-29-63-57(36-48)58-37-49(68-2)20-30-64(58)71(63)52-25-17-44(18-26-52)47-34-45(42-13-21-50(22-14-42)69-59-9-5-3-7-53(59)54-8-4-6-10-60(54)69)33-46(35-47)43-15-23-51(24-16-43)70-61-27-11-40(38-65)31-55(61)56-32-41(39-66)12-28-62(56)70;1-40-35-47(64-59-23-11-5-17-53(59)54-18-6-12-24-60(54)64)31-33-49(40)44-37-43(42-27-29-46(30-28-42)63-57-21-9-3-15-51(57)52-16-4-10-22-58(52)63)38-45(39-44)50-34-32-48(36-41(50)2)65-61-25-13-7-19-55(61)56-20-8-14-26-62(56)65/h3-37H;3-39H,1-2H3. The molecule has 0 aliphatic rings. The lowest BCUT2D eigenvalue weighted by atomic mass is 9.90. The van der Waals surface area contributed by atoms with Gasteiger partial charge in [0.15, 0.2) is 11.4 Å². The van der Waals surface area contributed by atoms with Gasteiger partial charge >= 0.3 is 0 Å². The number of benzene rings is 20. The molecule has 20 aromatic carbocycles. The molecule has 0 spiro atoms. The number of hydrogen-bond acceptors (Lipinski definition) is 2. The minimum atomic E-state index is 0.559. The van der Waals surface area contributed by atoms with Crippen LogP contribution in [0.25, 0.3) is 241 Å². The highest BCUT2D eigenvalue weighted by atomic mass is 15.0. The molecule has 0 atom stereocenters. The summed E-state index contributed by atoms with van der Waals surface area (Å²) in [4.78, 5) is 7.40. The van der Waals surface area contributed by atoms with Gasteiger partial charge in [-0.3, -0.25) is 0 Å². The Balaban J connectivity index is 0.000000145. The molecule has 136 heavy (non-hydrogen) atoms. The van der Waals surface area contributed by atoms with E-state index >= 15 is 0 Å². The third-order valence-electron chi connectivity index (χ3n) is 27.6. The van der Waals surface area contributed by atoms with Crippen LogP contribution in [0.1, 0.15) is 22.3 Å². The van der Waals surface area contributed by atoms with E-state index in [0.29, 0.717) is 22.5 Å². The zero-order valence-corrected chi connectivity index (χ0v) is 74.0. The Labute approximate surface area is 783 Å². The predicted octanol–water partition coefficient (Wildman–Crippen LogP) is 33.4. The first-order valence-corrected chi connectivity index (χ1v) is 45.7. The number of rotatable bonds is 12. The number of hydrogen-bond donors (Lipinski definition) is 0. The Morgan fingerprint density at radius 3 is 0.632 bits per heavy atom. The van der Waals surface area contributed by atoms with E-state index in [2.05, 4.69) is 427 Å². The first-order valence-electron chi connectivity index (χ1n) is 45.7. The monoisotopic (exact) mass is 1730 g/mol. The molecule has 0 saturated heterocycles. The quantitative estimate of drug-likeness (QED) is 0.114. The van der Waals surface area contributed by atoms with E-state index in [0.717, 1.165) is 111 Å². The van der Waals surface area contributed by atoms with Crippen molar-refractivity contribution in [2.75, 3.05) is 0 Å². The summed E-state index contributed by atoms with van der Waals surface area (Å²) in [5.41, 5.74) is 38.3. The zero-order chi connectivity index (χ0) is 90.9. The number of fused-ring (bicyclic) bond motifs is 18. The molecular weight excluding hydrogens is 1650 g/mol. The van der Waals surface area contributed by atoms with E-state index < -0.39 is 0 Å². The molecule has 0 radical (unpaired) electrons. The second-order valence-electron chi connectivity index (χ2n) is 35.2. The van der Waals surface area contributed by atoms with Crippen molar-refractivity contribution in [3.05, 3.63) is 482 Å². The lowest BCUT2D eigenvalue weighted by Gasteiger charge is -2.17. The van der Waals surface area contributed by atoms with Crippen LogP contribution in [-0.4, -0.2) is 27.4 Å². The Bertz CT molecular complexity index is 8930. The van der Waals surface area contributed by atoms with E-state index in [1.54, 1.807) is 0 Å². The van der Waals surface area contributed by atoms with E-state index in [1.165, 1.54) is 132 Å². The first kappa shape index (κ1) is 79.3. The lowest BCUT2D eigenvalue weighted by Crippen LogP contribution is -1.97. The third-order valence-corrected chi connectivity index (χ3v) is 27.6. The van der Waals surface area contributed by atoms with Crippen LogP contribution in [0.3, 0.4) is 0 Å². The van der Waals surface area contributed by atoms with Crippen LogP contribution in [0.5, 0.6) is 0 Å². The van der Waals surface area contributed by atoms with Crippen LogP contribution in [0.4, 0.5) is 11.4 Å². The van der Waals surface area contributed by atoms with Gasteiger partial charge in [-0.25, -0.2) is 9.69 Å². The minimum Gasteiger partial charge on any atom is -0.309 e. The molecule has 10 heteroatoms. The molecule has 0 bridgehead atoms. The summed E-state index contributed by atoms with van der Waals surface area (Å²) in [7, 11) is 0. The maximum atomic E-state index is 9.76. The summed E-state index contributed by atoms with van der Waals surface area (Å²) in [6, 6.07) is 160. The maximum Gasteiger partial charge on any atom is 0.188 e. The van der Waals surface area contributed by atoms with Crippen molar-refractivity contribution in [1.82, 2.24) is 27.4 Å². The van der Waals surface area contributed by atoms with Gasteiger partial charge in [0.05, 0.1) is 103 Å². The van der Waals surface area contributed by atoms with Crippen molar-refractivity contribution in [2.45, 2.75) is 13.8 Å². The van der Waals surface area contributed by atoms with Crippen molar-refractivity contribution in [2.24, 2.45) is 0 Å². The number of aryl methyl sites for hydroxylation is 2. The van der Waals surface area contributed by atoms with E-state index in [1.807, 2.05) is 72.8 Å². The highest BCUT2D eigenvalue weighted by molar-refractivity contribution is 6.15. The van der Waals surface area contributed by atoms with Crippen molar-refractivity contribution in [3.63, 3.8) is 0 Å². The first-order chi connectivity index (χ1) is 67.0. The Kier molecular flexibility index (Phi) is 18.7. The molecular formula is C126H78N10. The highest BCUT2D eigenvalue weighted by Gasteiger charge is 2.24.